The van der Waals surface area contributed by atoms with E-state index in [-0.39, 0.29) is 22.8 Å². The van der Waals surface area contributed by atoms with Gasteiger partial charge in [-0.2, -0.15) is 0 Å². The zero-order valence-electron chi connectivity index (χ0n) is 17.6. The quantitative estimate of drug-likeness (QED) is 0.577. The fourth-order valence-corrected chi connectivity index (χ4v) is 4.57. The van der Waals surface area contributed by atoms with Crippen molar-refractivity contribution in [3.8, 4) is 5.75 Å². The topological polar surface area (TPSA) is 84.4 Å². The summed E-state index contributed by atoms with van der Waals surface area (Å²) >= 11 is 1.18. The largest absolute Gasteiger partial charge is 0.497 e. The normalized spacial score (nSPS) is 15.6. The molecule has 0 spiro atoms. The van der Waals surface area contributed by atoms with Gasteiger partial charge in [0.05, 0.1) is 13.2 Å². The molecule has 2 amide bonds. The lowest BCUT2D eigenvalue weighted by Gasteiger charge is -2.22. The molecule has 32 heavy (non-hydrogen) atoms. The van der Waals surface area contributed by atoms with Crippen molar-refractivity contribution in [2.24, 2.45) is 0 Å². The Morgan fingerprint density at radius 3 is 2.62 bits per heavy atom. The van der Waals surface area contributed by atoms with Gasteiger partial charge in [-0.05, 0) is 61.2 Å². The molecule has 0 saturated carbocycles. The molecule has 1 aliphatic heterocycles. The maximum absolute atomic E-state index is 13.0. The number of halogens is 1. The Balaban J connectivity index is 1.37. The average molecular weight is 455 g/mol. The van der Waals surface area contributed by atoms with Crippen LogP contribution in [0, 0.1) is 5.82 Å². The predicted octanol–water partition coefficient (Wildman–Crippen LogP) is 4.23. The molecule has 1 fully saturated rings. The lowest BCUT2D eigenvalue weighted by Crippen LogP contribution is -2.30. The molecule has 3 aromatic rings. The number of aryl methyl sites for hydroxylation is 1. The van der Waals surface area contributed by atoms with Crippen LogP contribution in [0.3, 0.4) is 0 Å². The number of aromatic nitrogens is 2. The number of carbonyl (C=O) groups is 2. The molecule has 4 rings (SSSR count). The molecular formula is C23H23FN4O3S. The summed E-state index contributed by atoms with van der Waals surface area (Å²) in [4.78, 5) is 27.2. The number of nitrogens with zero attached hydrogens (tertiary/aromatic N) is 3. The molecule has 1 N–H and O–H groups in total. The van der Waals surface area contributed by atoms with Crippen LogP contribution in [0.1, 0.15) is 45.7 Å². The lowest BCUT2D eigenvalue weighted by molar-refractivity contribution is -0.132. The highest BCUT2D eigenvalue weighted by atomic mass is 32.1. The van der Waals surface area contributed by atoms with Crippen LogP contribution >= 0.6 is 11.3 Å². The van der Waals surface area contributed by atoms with Crippen LogP contribution in [-0.4, -0.2) is 40.6 Å². The monoisotopic (exact) mass is 454 g/mol. The first-order valence-corrected chi connectivity index (χ1v) is 11.2. The minimum absolute atomic E-state index is 0.0656. The Hall–Kier alpha value is -3.33. The van der Waals surface area contributed by atoms with Gasteiger partial charge in [0, 0.05) is 18.7 Å². The first-order valence-electron chi connectivity index (χ1n) is 10.4. The van der Waals surface area contributed by atoms with Crippen molar-refractivity contribution in [2.75, 3.05) is 19.0 Å². The van der Waals surface area contributed by atoms with E-state index < -0.39 is 5.91 Å². The van der Waals surface area contributed by atoms with E-state index in [4.69, 9.17) is 4.74 Å². The van der Waals surface area contributed by atoms with Gasteiger partial charge in [0.2, 0.25) is 10.9 Å². The van der Waals surface area contributed by atoms with Crippen LogP contribution in [0.2, 0.25) is 0 Å². The van der Waals surface area contributed by atoms with Crippen LogP contribution in [-0.2, 0) is 11.2 Å². The van der Waals surface area contributed by atoms with Crippen molar-refractivity contribution in [1.82, 2.24) is 15.1 Å². The Morgan fingerprint density at radius 2 is 1.91 bits per heavy atom. The minimum Gasteiger partial charge on any atom is -0.497 e. The SMILES string of the molecule is COc1ccc(CCC(=O)N2CCCC2c2nnc(C(=O)Nc3ccc(F)cc3)s2)cc1. The third-order valence-corrected chi connectivity index (χ3v) is 6.41. The number of nitrogens with one attached hydrogen (secondary N) is 1. The molecule has 1 atom stereocenters. The van der Waals surface area contributed by atoms with Gasteiger partial charge in [-0.25, -0.2) is 4.39 Å². The van der Waals surface area contributed by atoms with Gasteiger partial charge in [-0.15, -0.1) is 10.2 Å². The number of likely N-dealkylation sites (tertiary alicyclic amines) is 1. The van der Waals surface area contributed by atoms with Gasteiger partial charge in [0.15, 0.2) is 0 Å². The number of benzene rings is 2. The molecule has 166 valence electrons. The summed E-state index contributed by atoms with van der Waals surface area (Å²) < 4.78 is 18.2. The highest BCUT2D eigenvalue weighted by Crippen LogP contribution is 2.34. The molecule has 1 aromatic heterocycles. The summed E-state index contributed by atoms with van der Waals surface area (Å²) in [6, 6.07) is 13.0. The molecule has 1 saturated heterocycles. The van der Waals surface area contributed by atoms with E-state index in [0.717, 1.165) is 24.2 Å². The van der Waals surface area contributed by atoms with Crippen molar-refractivity contribution in [3.63, 3.8) is 0 Å². The Kier molecular flexibility index (Phi) is 6.75. The summed E-state index contributed by atoms with van der Waals surface area (Å²) in [6.07, 6.45) is 2.73. The van der Waals surface area contributed by atoms with Crippen molar-refractivity contribution < 1.29 is 18.7 Å². The first kappa shape index (κ1) is 21.9. The number of anilines is 1. The summed E-state index contributed by atoms with van der Waals surface area (Å²) in [7, 11) is 1.62. The van der Waals surface area contributed by atoms with E-state index in [0.29, 0.717) is 30.1 Å². The molecule has 2 heterocycles. The highest BCUT2D eigenvalue weighted by Gasteiger charge is 2.32. The predicted molar refractivity (Wildman–Crippen MR) is 119 cm³/mol. The summed E-state index contributed by atoms with van der Waals surface area (Å²) in [5, 5.41) is 11.7. The number of ether oxygens (including phenoxy) is 1. The van der Waals surface area contributed by atoms with Crippen molar-refractivity contribution in [3.05, 3.63) is 69.9 Å². The highest BCUT2D eigenvalue weighted by molar-refractivity contribution is 7.13. The molecule has 2 aromatic carbocycles. The van der Waals surface area contributed by atoms with E-state index in [1.807, 2.05) is 29.2 Å². The molecule has 7 nitrogen and oxygen atoms in total. The van der Waals surface area contributed by atoms with Gasteiger partial charge in [-0.1, -0.05) is 23.5 Å². The summed E-state index contributed by atoms with van der Waals surface area (Å²) in [6.45, 7) is 0.669. The van der Waals surface area contributed by atoms with Crippen LogP contribution in [0.25, 0.3) is 0 Å². The van der Waals surface area contributed by atoms with Crippen LogP contribution < -0.4 is 10.1 Å². The van der Waals surface area contributed by atoms with E-state index in [1.165, 1.54) is 35.6 Å². The number of methoxy groups -OCH3 is 1. The summed E-state index contributed by atoms with van der Waals surface area (Å²) in [5.41, 5.74) is 1.55. The maximum atomic E-state index is 13.0. The smallest absolute Gasteiger partial charge is 0.286 e. The molecule has 0 bridgehead atoms. The second kappa shape index (κ2) is 9.86. The zero-order chi connectivity index (χ0) is 22.5. The Morgan fingerprint density at radius 1 is 1.16 bits per heavy atom. The Labute approximate surface area is 189 Å². The van der Waals surface area contributed by atoms with Gasteiger partial charge < -0.3 is 15.0 Å². The van der Waals surface area contributed by atoms with Gasteiger partial charge >= 0.3 is 0 Å². The summed E-state index contributed by atoms with van der Waals surface area (Å²) in [5.74, 6) is 0.0703. The van der Waals surface area contributed by atoms with E-state index in [1.54, 1.807) is 7.11 Å². The lowest BCUT2D eigenvalue weighted by atomic mass is 10.1. The maximum Gasteiger partial charge on any atom is 0.286 e. The fraction of sp³-hybridized carbons (Fsp3) is 0.304. The van der Waals surface area contributed by atoms with Crippen molar-refractivity contribution in [1.29, 1.82) is 0 Å². The minimum atomic E-state index is -0.407. The number of amides is 2. The molecule has 1 aliphatic rings. The molecule has 9 heteroatoms. The average Bonchev–Trinajstić information content (AvgIpc) is 3.49. The fourth-order valence-electron chi connectivity index (χ4n) is 3.69. The van der Waals surface area contributed by atoms with Crippen LogP contribution in [0.5, 0.6) is 5.75 Å². The Bertz CT molecular complexity index is 1090. The van der Waals surface area contributed by atoms with Crippen molar-refractivity contribution in [2.45, 2.75) is 31.7 Å². The number of hydrogen-bond donors (Lipinski definition) is 1. The van der Waals surface area contributed by atoms with Gasteiger partial charge in [0.1, 0.15) is 16.6 Å². The third kappa shape index (κ3) is 5.11. The molecule has 1 unspecified atom stereocenters. The van der Waals surface area contributed by atoms with Crippen molar-refractivity contribution >= 4 is 28.8 Å². The first-order chi connectivity index (χ1) is 15.5. The van der Waals surface area contributed by atoms with E-state index in [9.17, 15) is 14.0 Å². The molecule has 0 radical (unpaired) electrons. The standard InChI is InChI=1S/C23H23FN4O3S/c1-31-18-11-4-15(5-12-18)6-13-20(29)28-14-2-3-19(28)22-26-27-23(32-22)21(30)25-17-9-7-16(24)8-10-17/h4-5,7-12,19H,2-3,6,13-14H2,1H3,(H,25,30). The van der Waals surface area contributed by atoms with Gasteiger partial charge in [-0.3, -0.25) is 9.59 Å². The van der Waals surface area contributed by atoms with Crippen LogP contribution in [0.15, 0.2) is 48.5 Å². The second-order valence-electron chi connectivity index (χ2n) is 7.50. The molecule has 0 aliphatic carbocycles. The second-order valence-corrected chi connectivity index (χ2v) is 8.51. The zero-order valence-corrected chi connectivity index (χ0v) is 18.4. The molecular weight excluding hydrogens is 431 g/mol. The van der Waals surface area contributed by atoms with E-state index >= 15 is 0 Å². The number of hydrogen-bond acceptors (Lipinski definition) is 6. The number of carbonyl (C=O) groups excluding carboxylic acids is 2. The van der Waals surface area contributed by atoms with Gasteiger partial charge in [0.25, 0.3) is 5.91 Å². The number of rotatable bonds is 7. The van der Waals surface area contributed by atoms with E-state index in [2.05, 4.69) is 15.5 Å². The van der Waals surface area contributed by atoms with Crippen LogP contribution in [0.4, 0.5) is 10.1 Å². The third-order valence-electron chi connectivity index (χ3n) is 5.38.